The van der Waals surface area contributed by atoms with Crippen molar-refractivity contribution in [3.8, 4) is 0 Å². The zero-order valence-electron chi connectivity index (χ0n) is 40.1. The molecule has 3 aliphatic carbocycles. The van der Waals surface area contributed by atoms with Crippen molar-refractivity contribution >= 4 is 68.4 Å². The molecular formula is C58H67BN2O. The van der Waals surface area contributed by atoms with E-state index in [4.69, 9.17) is 4.42 Å². The zero-order chi connectivity index (χ0) is 43.8. The molecule has 0 saturated heterocycles. The Morgan fingerprint density at radius 3 is 1.55 bits per heavy atom. The van der Waals surface area contributed by atoms with E-state index in [9.17, 15) is 0 Å². The fourth-order valence-electron chi connectivity index (χ4n) is 12.8. The highest BCUT2D eigenvalue weighted by Gasteiger charge is 2.50. The highest BCUT2D eigenvalue weighted by Crippen LogP contribution is 2.55. The largest absolute Gasteiger partial charge is 0.468 e. The Kier molecular flexibility index (Phi) is 8.10. The summed E-state index contributed by atoms with van der Waals surface area (Å²) < 4.78 is 7.33. The van der Waals surface area contributed by atoms with Gasteiger partial charge in [-0.2, -0.15) is 0 Å². The Hall–Kier alpha value is -4.70. The van der Waals surface area contributed by atoms with Crippen molar-refractivity contribution in [2.45, 2.75) is 168 Å². The number of rotatable bonds is 2. The van der Waals surface area contributed by atoms with Crippen LogP contribution in [0.25, 0.3) is 11.0 Å². The van der Waals surface area contributed by atoms with Gasteiger partial charge in [0.25, 0.3) is 6.71 Å². The Morgan fingerprint density at radius 2 is 0.952 bits per heavy atom. The second-order valence-electron chi connectivity index (χ2n) is 24.3. The van der Waals surface area contributed by atoms with Crippen LogP contribution in [0.4, 0.5) is 34.1 Å². The van der Waals surface area contributed by atoms with Gasteiger partial charge >= 0.3 is 0 Å². The molecule has 62 heavy (non-hydrogen) atoms. The summed E-state index contributed by atoms with van der Waals surface area (Å²) in [6, 6.07) is 31.6. The normalized spacial score (nSPS) is 21.4. The van der Waals surface area contributed by atoms with Gasteiger partial charge in [0.1, 0.15) is 5.58 Å². The number of fused-ring (bicyclic) bond motifs is 9. The molecule has 318 valence electrons. The van der Waals surface area contributed by atoms with E-state index in [-0.39, 0.29) is 39.2 Å². The maximum atomic E-state index is 7.33. The van der Waals surface area contributed by atoms with Crippen molar-refractivity contribution in [2.24, 2.45) is 0 Å². The first-order valence-corrected chi connectivity index (χ1v) is 23.8. The number of nitrogens with zero attached hydrogens (tertiary/aromatic N) is 2. The summed E-state index contributed by atoms with van der Waals surface area (Å²) in [5.74, 6) is 0. The standard InChI is InChI=1S/C58H67BN2O/c1-34-27-47-50-48(28-34)61(45-32-42-39(29-35(45)2)54(5,6)23-25-57(42,11)12)46-33-43-41(56(9,10)24-26-58(43,13)14)31-44(46)59(50)52-51(37-17-15-16-18-49(37)62-52)60(47)36-19-20-38-40(30-36)55(7,8)22-21-53(38,3)4/h15-20,27-33H,21-26H2,1-14H3. The number of hydrogen-bond donors (Lipinski definition) is 0. The lowest BCUT2D eigenvalue weighted by Gasteiger charge is -2.47. The summed E-state index contributed by atoms with van der Waals surface area (Å²) in [6.45, 7) is 34.1. The molecule has 0 radical (unpaired) electrons. The minimum absolute atomic E-state index is 0.0551. The molecule has 0 spiro atoms. The second kappa shape index (κ2) is 12.5. The van der Waals surface area contributed by atoms with Gasteiger partial charge in [-0.05, 0) is 189 Å². The van der Waals surface area contributed by atoms with Crippen LogP contribution in [-0.2, 0) is 32.5 Å². The Balaban J connectivity index is 1.26. The number of furan rings is 1. The number of para-hydroxylation sites is 1. The van der Waals surface area contributed by atoms with E-state index in [2.05, 4.69) is 186 Å². The van der Waals surface area contributed by atoms with E-state index < -0.39 is 0 Å². The van der Waals surface area contributed by atoms with Crippen LogP contribution in [0.3, 0.4) is 0 Å². The van der Waals surface area contributed by atoms with Crippen molar-refractivity contribution in [1.82, 2.24) is 0 Å². The third-order valence-corrected chi connectivity index (χ3v) is 17.2. The van der Waals surface area contributed by atoms with Crippen molar-refractivity contribution in [2.75, 3.05) is 9.80 Å². The van der Waals surface area contributed by atoms with Gasteiger partial charge in [0.15, 0.2) is 0 Å². The molecule has 5 aliphatic rings. The van der Waals surface area contributed by atoms with Crippen molar-refractivity contribution in [3.05, 3.63) is 123 Å². The van der Waals surface area contributed by atoms with Crippen molar-refractivity contribution in [3.63, 3.8) is 0 Å². The fraction of sp³-hybridized carbons (Fsp3) is 0.448. The van der Waals surface area contributed by atoms with E-state index >= 15 is 0 Å². The lowest BCUT2D eigenvalue weighted by Crippen LogP contribution is -2.61. The van der Waals surface area contributed by atoms with Crippen LogP contribution in [0, 0.1) is 13.8 Å². The van der Waals surface area contributed by atoms with Crippen LogP contribution >= 0.6 is 0 Å². The summed E-state index contributed by atoms with van der Waals surface area (Å²) in [5.41, 5.74) is 24.4. The van der Waals surface area contributed by atoms with E-state index in [1.165, 1.54) is 133 Å². The van der Waals surface area contributed by atoms with Gasteiger partial charge in [-0.3, -0.25) is 0 Å². The molecule has 2 aliphatic heterocycles. The summed E-state index contributed by atoms with van der Waals surface area (Å²) in [6.07, 6.45) is 7.11. The molecule has 0 unspecified atom stereocenters. The SMILES string of the molecule is Cc1cc2c3c(c1)N(c1ccc4c(c1)C(C)(C)CCC4(C)C)c1c(oc4ccccc14)B3c1cc3c(cc1N2c1cc2c(cc1C)C(C)(C)CCC2(C)C)C(C)(C)CCC3(C)C. The van der Waals surface area contributed by atoms with Crippen LogP contribution in [-0.4, -0.2) is 6.71 Å². The Morgan fingerprint density at radius 1 is 0.468 bits per heavy atom. The monoisotopic (exact) mass is 819 g/mol. The average molecular weight is 819 g/mol. The molecule has 5 aromatic carbocycles. The predicted octanol–water partition coefficient (Wildman–Crippen LogP) is 14.2. The first-order chi connectivity index (χ1) is 29.0. The quantitative estimate of drug-likeness (QED) is 0.162. The molecule has 11 rings (SSSR count). The predicted molar refractivity (Wildman–Crippen MR) is 266 cm³/mol. The Bertz CT molecular complexity index is 2920. The zero-order valence-corrected chi connectivity index (χ0v) is 40.1. The van der Waals surface area contributed by atoms with Gasteiger partial charge < -0.3 is 14.2 Å². The molecule has 0 bridgehead atoms. The minimum atomic E-state index is -0.0713. The van der Waals surface area contributed by atoms with Crippen LogP contribution < -0.4 is 26.4 Å². The number of benzene rings is 5. The van der Waals surface area contributed by atoms with Crippen LogP contribution in [0.1, 0.15) is 166 Å². The smallest absolute Gasteiger partial charge is 0.297 e. The summed E-state index contributed by atoms with van der Waals surface area (Å²) >= 11 is 0. The first-order valence-electron chi connectivity index (χ1n) is 23.8. The lowest BCUT2D eigenvalue weighted by atomic mass is 9.35. The summed E-state index contributed by atoms with van der Waals surface area (Å²) in [4.78, 5) is 5.30. The molecule has 6 aromatic rings. The molecule has 0 fully saturated rings. The fourth-order valence-corrected chi connectivity index (χ4v) is 12.8. The van der Waals surface area contributed by atoms with Gasteiger partial charge in [0, 0.05) is 33.8 Å². The van der Waals surface area contributed by atoms with Crippen molar-refractivity contribution in [1.29, 1.82) is 0 Å². The van der Waals surface area contributed by atoms with Crippen molar-refractivity contribution < 1.29 is 4.42 Å². The maximum absolute atomic E-state index is 7.33. The van der Waals surface area contributed by atoms with Crippen LogP contribution in [0.15, 0.2) is 83.3 Å². The number of hydrogen-bond acceptors (Lipinski definition) is 3. The summed E-state index contributed by atoms with van der Waals surface area (Å²) in [5, 5.41) is 1.17. The van der Waals surface area contributed by atoms with Gasteiger partial charge in [-0.25, -0.2) is 0 Å². The highest BCUT2D eigenvalue weighted by molar-refractivity contribution is 7.00. The number of anilines is 6. The highest BCUT2D eigenvalue weighted by atomic mass is 16.3. The molecule has 1 aromatic heterocycles. The van der Waals surface area contributed by atoms with E-state index in [0.29, 0.717) is 0 Å². The molecule has 0 N–H and O–H groups in total. The topological polar surface area (TPSA) is 19.6 Å². The van der Waals surface area contributed by atoms with Gasteiger partial charge in [-0.1, -0.05) is 113 Å². The lowest BCUT2D eigenvalue weighted by molar-refractivity contribution is 0.331. The summed E-state index contributed by atoms with van der Waals surface area (Å²) in [7, 11) is 0. The third-order valence-electron chi connectivity index (χ3n) is 17.2. The van der Waals surface area contributed by atoms with Gasteiger partial charge in [0.05, 0.1) is 11.3 Å². The molecule has 0 amide bonds. The van der Waals surface area contributed by atoms with E-state index in [0.717, 1.165) is 11.2 Å². The molecule has 3 heterocycles. The Labute approximate surface area is 372 Å². The molecule has 4 heteroatoms. The van der Waals surface area contributed by atoms with Crippen LogP contribution in [0.5, 0.6) is 0 Å². The first kappa shape index (κ1) is 40.1. The molecular weight excluding hydrogens is 751 g/mol. The average Bonchev–Trinajstić information content (AvgIpc) is 3.59. The molecule has 0 atom stereocenters. The molecule has 0 saturated carbocycles. The van der Waals surface area contributed by atoms with E-state index in [1.54, 1.807) is 0 Å². The van der Waals surface area contributed by atoms with Crippen LogP contribution in [0.2, 0.25) is 0 Å². The molecule has 3 nitrogen and oxygen atoms in total. The third kappa shape index (κ3) is 5.49. The van der Waals surface area contributed by atoms with E-state index in [1.807, 2.05) is 0 Å². The second-order valence-corrected chi connectivity index (χ2v) is 24.3. The number of aryl methyl sites for hydroxylation is 2. The minimum Gasteiger partial charge on any atom is -0.468 e. The van der Waals surface area contributed by atoms with Gasteiger partial charge in [0.2, 0.25) is 0 Å². The maximum Gasteiger partial charge on any atom is 0.297 e. The van der Waals surface area contributed by atoms with Gasteiger partial charge in [-0.15, -0.1) is 0 Å².